The number of aromatic nitrogens is 4. The molecule has 2 amide bonds. The lowest BCUT2D eigenvalue weighted by Crippen LogP contribution is -2.49. The van der Waals surface area contributed by atoms with Crippen LogP contribution in [-0.4, -0.2) is 62.3 Å². The first-order chi connectivity index (χ1) is 14.8. The van der Waals surface area contributed by atoms with Crippen LogP contribution in [0.1, 0.15) is 25.0 Å². The molecule has 0 aromatic carbocycles. The van der Waals surface area contributed by atoms with Crippen molar-refractivity contribution in [3.8, 4) is 0 Å². The number of nitrogens with zero attached hydrogens (tertiary/aromatic N) is 5. The van der Waals surface area contributed by atoms with Crippen molar-refractivity contribution >= 4 is 23.2 Å². The highest BCUT2D eigenvalue weighted by atomic mass is 19.4. The molecule has 2 aromatic rings. The Bertz CT molecular complexity index is 975. The number of carbonyl (C=O) groups is 1. The lowest BCUT2D eigenvalue weighted by molar-refractivity contribution is -0.323. The van der Waals surface area contributed by atoms with Gasteiger partial charge in [-0.15, -0.1) is 13.2 Å². The smallest absolute Gasteiger partial charge is 0.336 e. The van der Waals surface area contributed by atoms with E-state index in [0.29, 0.717) is 12.4 Å². The average Bonchev–Trinajstić information content (AvgIpc) is 3.24. The van der Waals surface area contributed by atoms with Gasteiger partial charge in [0.2, 0.25) is 5.95 Å². The van der Waals surface area contributed by atoms with E-state index in [9.17, 15) is 18.0 Å². The average molecular weight is 437 g/mol. The highest BCUT2D eigenvalue weighted by Gasteiger charge is 2.40. The van der Waals surface area contributed by atoms with Crippen LogP contribution in [0.5, 0.6) is 0 Å². The molecule has 4 rings (SSSR count). The predicted molar refractivity (Wildman–Crippen MR) is 105 cm³/mol. The SMILES string of the molecule is Cn1cc(Nc2nccc(C3=CC4CCC(C3)N4C(=O)NCCOC(F)(F)F)n2)cn1. The molecule has 0 spiro atoms. The van der Waals surface area contributed by atoms with E-state index in [1.807, 2.05) is 25.4 Å². The molecule has 2 aliphatic heterocycles. The summed E-state index contributed by atoms with van der Waals surface area (Å²) in [5.74, 6) is 0.448. The fourth-order valence-corrected chi connectivity index (χ4v) is 3.97. The van der Waals surface area contributed by atoms with Crippen molar-refractivity contribution in [2.45, 2.75) is 37.7 Å². The molecule has 2 bridgehead atoms. The summed E-state index contributed by atoms with van der Waals surface area (Å²) in [5.41, 5.74) is 2.57. The van der Waals surface area contributed by atoms with Crippen LogP contribution in [0.15, 0.2) is 30.7 Å². The number of halogens is 3. The summed E-state index contributed by atoms with van der Waals surface area (Å²) in [5, 5.41) is 9.71. The maximum atomic E-state index is 12.5. The number of amides is 2. The first-order valence-corrected chi connectivity index (χ1v) is 9.85. The number of nitrogens with one attached hydrogen (secondary N) is 2. The second-order valence-corrected chi connectivity index (χ2v) is 7.42. The van der Waals surface area contributed by atoms with Gasteiger partial charge in [-0.3, -0.25) is 9.42 Å². The Balaban J connectivity index is 1.40. The molecule has 0 saturated carbocycles. The van der Waals surface area contributed by atoms with Gasteiger partial charge in [-0.05, 0) is 30.9 Å². The summed E-state index contributed by atoms with van der Waals surface area (Å²) in [4.78, 5) is 23.0. The Morgan fingerprint density at radius 2 is 2.19 bits per heavy atom. The van der Waals surface area contributed by atoms with Crippen LogP contribution < -0.4 is 10.6 Å². The molecule has 12 heteroatoms. The lowest BCUT2D eigenvalue weighted by Gasteiger charge is -2.34. The van der Waals surface area contributed by atoms with Crippen molar-refractivity contribution in [1.29, 1.82) is 0 Å². The van der Waals surface area contributed by atoms with E-state index in [1.165, 1.54) is 0 Å². The minimum Gasteiger partial charge on any atom is -0.336 e. The van der Waals surface area contributed by atoms with E-state index < -0.39 is 13.0 Å². The molecular formula is C19H22F3N7O2. The molecule has 2 N–H and O–H groups in total. The molecule has 9 nitrogen and oxygen atoms in total. The van der Waals surface area contributed by atoms with Gasteiger partial charge in [0.25, 0.3) is 0 Å². The highest BCUT2D eigenvalue weighted by Crippen LogP contribution is 2.38. The Morgan fingerprint density at radius 3 is 2.90 bits per heavy atom. The molecule has 1 fully saturated rings. The van der Waals surface area contributed by atoms with Crippen LogP contribution >= 0.6 is 0 Å². The van der Waals surface area contributed by atoms with Gasteiger partial charge >= 0.3 is 12.4 Å². The number of fused-ring (bicyclic) bond motifs is 2. The Hall–Kier alpha value is -3.15. The standard InChI is InChI=1S/C19H22F3N7O2/c1-28-11-13(10-25-28)26-17-23-5-4-16(27-17)12-8-14-2-3-15(9-12)29(14)18(30)24-6-7-31-19(20,21)22/h4-5,8,10-11,14-15H,2-3,6-7,9H2,1H3,(H,24,30)(H,23,26,27). The monoisotopic (exact) mass is 437 g/mol. The van der Waals surface area contributed by atoms with Gasteiger partial charge in [0.05, 0.1) is 30.2 Å². The van der Waals surface area contributed by atoms with Crippen molar-refractivity contribution in [1.82, 2.24) is 30.0 Å². The number of rotatable bonds is 6. The molecule has 166 valence electrons. The summed E-state index contributed by atoms with van der Waals surface area (Å²) in [6, 6.07) is 1.29. The molecule has 2 unspecified atom stereocenters. The van der Waals surface area contributed by atoms with E-state index in [1.54, 1.807) is 22.0 Å². The summed E-state index contributed by atoms with van der Waals surface area (Å²) in [6.07, 6.45) is 4.70. The van der Waals surface area contributed by atoms with E-state index in [4.69, 9.17) is 0 Å². The number of carbonyl (C=O) groups excluding carboxylic acids is 1. The van der Waals surface area contributed by atoms with Crippen molar-refractivity contribution < 1.29 is 22.7 Å². The fourth-order valence-electron chi connectivity index (χ4n) is 3.97. The molecule has 4 heterocycles. The van der Waals surface area contributed by atoms with Crippen molar-refractivity contribution in [2.75, 3.05) is 18.5 Å². The van der Waals surface area contributed by atoms with Crippen LogP contribution in [0.2, 0.25) is 0 Å². The number of hydrogen-bond donors (Lipinski definition) is 2. The third-order valence-electron chi connectivity index (χ3n) is 5.22. The van der Waals surface area contributed by atoms with Crippen LogP contribution in [0.3, 0.4) is 0 Å². The summed E-state index contributed by atoms with van der Waals surface area (Å²) < 4.78 is 41.5. The maximum absolute atomic E-state index is 12.5. The number of anilines is 2. The minimum absolute atomic E-state index is 0.0294. The second kappa shape index (κ2) is 8.53. The van der Waals surface area contributed by atoms with Gasteiger partial charge in [-0.2, -0.15) is 5.10 Å². The topological polar surface area (TPSA) is 97.2 Å². The Kier molecular flexibility index (Phi) is 5.81. The fraction of sp³-hybridized carbons (Fsp3) is 0.474. The van der Waals surface area contributed by atoms with Crippen LogP contribution in [-0.2, 0) is 11.8 Å². The molecular weight excluding hydrogens is 415 g/mol. The number of alkyl halides is 3. The van der Waals surface area contributed by atoms with Gasteiger partial charge in [-0.25, -0.2) is 14.8 Å². The number of ether oxygens (including phenoxy) is 1. The zero-order valence-electron chi connectivity index (χ0n) is 16.8. The summed E-state index contributed by atoms with van der Waals surface area (Å²) >= 11 is 0. The summed E-state index contributed by atoms with van der Waals surface area (Å²) in [6.45, 7) is -0.826. The van der Waals surface area contributed by atoms with Gasteiger partial charge in [0.15, 0.2) is 0 Å². The van der Waals surface area contributed by atoms with Gasteiger partial charge < -0.3 is 15.5 Å². The van der Waals surface area contributed by atoms with Crippen LogP contribution in [0.25, 0.3) is 5.57 Å². The number of urea groups is 1. The molecule has 2 atom stereocenters. The largest absolute Gasteiger partial charge is 0.522 e. The van der Waals surface area contributed by atoms with Crippen LogP contribution in [0, 0.1) is 0 Å². The summed E-state index contributed by atoms with van der Waals surface area (Å²) in [7, 11) is 1.82. The highest BCUT2D eigenvalue weighted by molar-refractivity contribution is 5.78. The van der Waals surface area contributed by atoms with Gasteiger partial charge in [0.1, 0.15) is 0 Å². The first-order valence-electron chi connectivity index (χ1n) is 9.85. The quantitative estimate of drug-likeness (QED) is 0.675. The van der Waals surface area contributed by atoms with E-state index in [0.717, 1.165) is 29.8 Å². The molecule has 0 radical (unpaired) electrons. The van der Waals surface area contributed by atoms with Crippen molar-refractivity contribution in [2.24, 2.45) is 7.05 Å². The van der Waals surface area contributed by atoms with E-state index >= 15 is 0 Å². The van der Waals surface area contributed by atoms with Gasteiger partial charge in [-0.1, -0.05) is 6.08 Å². The second-order valence-electron chi connectivity index (χ2n) is 7.42. The lowest BCUT2D eigenvalue weighted by atomic mass is 9.98. The van der Waals surface area contributed by atoms with Gasteiger partial charge in [0, 0.05) is 32.0 Å². The minimum atomic E-state index is -4.70. The zero-order chi connectivity index (χ0) is 22.0. The van der Waals surface area contributed by atoms with Crippen molar-refractivity contribution in [3.63, 3.8) is 0 Å². The number of aryl methyl sites for hydroxylation is 1. The third kappa shape index (κ3) is 5.13. The van der Waals surface area contributed by atoms with E-state index in [-0.39, 0.29) is 24.7 Å². The number of hydrogen-bond acceptors (Lipinski definition) is 6. The molecule has 1 saturated heterocycles. The maximum Gasteiger partial charge on any atom is 0.522 e. The van der Waals surface area contributed by atoms with Crippen molar-refractivity contribution in [3.05, 3.63) is 36.4 Å². The Morgan fingerprint density at radius 1 is 1.35 bits per heavy atom. The molecule has 2 aromatic heterocycles. The molecule has 31 heavy (non-hydrogen) atoms. The van der Waals surface area contributed by atoms with Crippen LogP contribution in [0.4, 0.5) is 29.6 Å². The zero-order valence-corrected chi connectivity index (χ0v) is 16.8. The normalized spacial score (nSPS) is 20.5. The third-order valence-corrected chi connectivity index (χ3v) is 5.22. The molecule has 2 aliphatic rings. The van der Waals surface area contributed by atoms with E-state index in [2.05, 4.69) is 30.4 Å². The molecule has 0 aliphatic carbocycles. The Labute approximate surface area is 176 Å². The first kappa shape index (κ1) is 21.1. The predicted octanol–water partition coefficient (Wildman–Crippen LogP) is 2.82.